The molecule has 2 heterocycles. The lowest BCUT2D eigenvalue weighted by molar-refractivity contribution is 0.0591. The van der Waals surface area contributed by atoms with Crippen LogP contribution in [-0.2, 0) is 22.6 Å². The molecule has 0 radical (unpaired) electrons. The van der Waals surface area contributed by atoms with E-state index in [-0.39, 0.29) is 36.3 Å². The number of carbonyl (C=O) groups is 4. The minimum Gasteiger partial charge on any atom is -0.465 e. The number of nitrogens with zero attached hydrogens (tertiary/aromatic N) is 6. The number of esters is 2. The molecule has 2 aliphatic rings. The summed E-state index contributed by atoms with van der Waals surface area (Å²) >= 11 is 3.43. The Balaban J connectivity index is 0.000000213. The maximum Gasteiger partial charge on any atom is 0.337 e. The van der Waals surface area contributed by atoms with Crippen molar-refractivity contribution >= 4 is 51.3 Å². The highest BCUT2D eigenvalue weighted by Gasteiger charge is 2.28. The van der Waals surface area contributed by atoms with Gasteiger partial charge in [0.1, 0.15) is 11.6 Å². The van der Waals surface area contributed by atoms with Crippen molar-refractivity contribution in [2.75, 3.05) is 90.5 Å². The van der Waals surface area contributed by atoms with E-state index < -0.39 is 23.6 Å². The number of halogens is 3. The Morgan fingerprint density at radius 1 is 0.540 bits per heavy atom. The highest BCUT2D eigenvalue weighted by Crippen LogP contribution is 2.29. The summed E-state index contributed by atoms with van der Waals surface area (Å²) in [5, 5.41) is 0. The maximum atomic E-state index is 15.0. The fraction of sp³-hybridized carbons (Fsp3) is 0.292. The zero-order valence-corrected chi connectivity index (χ0v) is 37.4. The molecule has 0 aliphatic carbocycles. The Labute approximate surface area is 375 Å². The molecule has 2 saturated heterocycles. The monoisotopic (exact) mass is 924 g/mol. The number of benzene rings is 5. The third kappa shape index (κ3) is 12.1. The Morgan fingerprint density at radius 2 is 0.968 bits per heavy atom. The van der Waals surface area contributed by atoms with Crippen LogP contribution in [0.3, 0.4) is 0 Å². The van der Waals surface area contributed by atoms with Crippen molar-refractivity contribution in [3.05, 3.63) is 154 Å². The summed E-state index contributed by atoms with van der Waals surface area (Å²) < 4.78 is 39.8. The lowest BCUT2D eigenvalue weighted by atomic mass is 10.0. The van der Waals surface area contributed by atoms with Crippen molar-refractivity contribution in [3.8, 4) is 11.1 Å². The van der Waals surface area contributed by atoms with Crippen LogP contribution in [-0.4, -0.2) is 124 Å². The van der Waals surface area contributed by atoms with Gasteiger partial charge in [0.15, 0.2) is 0 Å². The quantitative estimate of drug-likeness (QED) is 0.136. The summed E-state index contributed by atoms with van der Waals surface area (Å²) in [5.41, 5.74) is 4.25. The molecule has 0 N–H and O–H groups in total. The van der Waals surface area contributed by atoms with Gasteiger partial charge in [-0.15, -0.1) is 0 Å². The molecule has 7 rings (SSSR count). The van der Waals surface area contributed by atoms with Crippen molar-refractivity contribution in [1.29, 1.82) is 0 Å². The topological polar surface area (TPSA) is 106 Å². The smallest absolute Gasteiger partial charge is 0.337 e. The van der Waals surface area contributed by atoms with E-state index in [1.54, 1.807) is 19.6 Å². The van der Waals surface area contributed by atoms with Gasteiger partial charge >= 0.3 is 24.0 Å². The average Bonchev–Trinajstić information content (AvgIpc) is 3.30. The number of rotatable bonds is 9. The van der Waals surface area contributed by atoms with Crippen LogP contribution in [0.1, 0.15) is 31.8 Å². The summed E-state index contributed by atoms with van der Waals surface area (Å²) in [5.74, 6) is -2.32. The molecule has 0 aromatic heterocycles. The van der Waals surface area contributed by atoms with E-state index in [2.05, 4.69) is 35.2 Å². The lowest BCUT2D eigenvalue weighted by Gasteiger charge is -2.36. The van der Waals surface area contributed by atoms with E-state index >= 15 is 0 Å². The van der Waals surface area contributed by atoms with Gasteiger partial charge in [-0.3, -0.25) is 9.80 Å². The largest absolute Gasteiger partial charge is 0.465 e. The van der Waals surface area contributed by atoms with Gasteiger partial charge in [0, 0.05) is 79.3 Å². The molecular weight excluding hydrogens is 874 g/mol. The molecule has 0 saturated carbocycles. The van der Waals surface area contributed by atoms with Crippen LogP contribution < -0.4 is 9.80 Å². The molecule has 330 valence electrons. The van der Waals surface area contributed by atoms with Crippen molar-refractivity contribution in [1.82, 2.24) is 19.6 Å². The molecule has 12 nitrogen and oxygen atoms in total. The minimum atomic E-state index is -0.605. The second-order valence-electron chi connectivity index (χ2n) is 15.3. The summed E-state index contributed by atoms with van der Waals surface area (Å²) in [6, 6.07) is 33.0. The molecule has 0 bridgehead atoms. The van der Waals surface area contributed by atoms with E-state index in [4.69, 9.17) is 0 Å². The van der Waals surface area contributed by atoms with Gasteiger partial charge < -0.3 is 29.1 Å². The van der Waals surface area contributed by atoms with E-state index in [1.807, 2.05) is 93.0 Å². The van der Waals surface area contributed by atoms with Gasteiger partial charge in [0.25, 0.3) is 0 Å². The van der Waals surface area contributed by atoms with Crippen molar-refractivity contribution < 1.29 is 37.4 Å². The van der Waals surface area contributed by atoms with Gasteiger partial charge in [0.05, 0.1) is 38.4 Å². The minimum absolute atomic E-state index is 0.0384. The number of carbonyl (C=O) groups excluding carboxylic acids is 4. The predicted octanol–water partition coefficient (Wildman–Crippen LogP) is 8.40. The van der Waals surface area contributed by atoms with E-state index in [1.165, 1.54) is 38.5 Å². The lowest BCUT2D eigenvalue weighted by Crippen LogP contribution is -2.52. The summed E-state index contributed by atoms with van der Waals surface area (Å²) in [4.78, 5) is 61.4. The van der Waals surface area contributed by atoms with Crippen LogP contribution in [0.4, 0.5) is 29.7 Å². The van der Waals surface area contributed by atoms with Crippen LogP contribution in [0.15, 0.2) is 120 Å². The normalized spacial score (nSPS) is 14.3. The Bertz CT molecular complexity index is 2390. The molecule has 2 fully saturated rings. The number of likely N-dealkylation sites (N-methyl/N-ethyl adjacent to an activating group) is 2. The molecule has 0 unspecified atom stereocenters. The zero-order valence-electron chi connectivity index (χ0n) is 35.8. The number of ether oxygens (including phenoxy) is 2. The molecule has 4 amide bonds. The highest BCUT2D eigenvalue weighted by molar-refractivity contribution is 9.10. The molecule has 63 heavy (non-hydrogen) atoms. The first kappa shape index (κ1) is 46.3. The summed E-state index contributed by atoms with van der Waals surface area (Å²) in [7, 11) is 6.55. The van der Waals surface area contributed by atoms with E-state index in [0.29, 0.717) is 48.7 Å². The van der Waals surface area contributed by atoms with Crippen LogP contribution in [0.5, 0.6) is 0 Å². The number of hydrogen-bond acceptors (Lipinski definition) is 8. The van der Waals surface area contributed by atoms with Gasteiger partial charge in [-0.1, -0.05) is 76.6 Å². The maximum absolute atomic E-state index is 15.0. The third-order valence-electron chi connectivity index (χ3n) is 11.0. The summed E-state index contributed by atoms with van der Waals surface area (Å²) in [6.07, 6.45) is 0. The first-order valence-electron chi connectivity index (χ1n) is 20.5. The number of methoxy groups -OCH3 is 2. The van der Waals surface area contributed by atoms with Gasteiger partial charge in [0.2, 0.25) is 0 Å². The summed E-state index contributed by atoms with van der Waals surface area (Å²) in [6.45, 7) is 5.68. The first-order valence-corrected chi connectivity index (χ1v) is 21.3. The van der Waals surface area contributed by atoms with Gasteiger partial charge in [-0.25, -0.2) is 28.0 Å². The zero-order chi connectivity index (χ0) is 45.0. The fourth-order valence-electron chi connectivity index (χ4n) is 7.19. The van der Waals surface area contributed by atoms with Crippen LogP contribution in [0.25, 0.3) is 11.1 Å². The fourth-order valence-corrected chi connectivity index (χ4v) is 7.57. The first-order chi connectivity index (χ1) is 30.3. The Hall–Kier alpha value is -6.16. The standard InChI is InChI=1S/C27H28FN3O3.C21H23BrFN3O3/c1-29-13-15-30(16-14-29)27(33)31(19-23-12-11-22(18-25(23)28)26(32)34-2)24-10-6-9-21(17-24)20-7-4-3-5-8-20;1-24-8-10-25(11-9-24)21(28)26(18-5-3-4-17(22)13-18)14-16-7-6-15(12-19(16)23)20(27)29-2/h3-12,17-18H,13-16,19H2,1-2H3;3-7,12-13H,8-11,14H2,1-2H3. The van der Waals surface area contributed by atoms with Crippen LogP contribution in [0.2, 0.25) is 0 Å². The van der Waals surface area contributed by atoms with Crippen molar-refractivity contribution in [2.45, 2.75) is 13.1 Å². The van der Waals surface area contributed by atoms with E-state index in [9.17, 15) is 28.0 Å². The number of hydrogen-bond donors (Lipinski definition) is 0. The molecule has 5 aromatic carbocycles. The SMILES string of the molecule is COC(=O)c1ccc(CN(C(=O)N2CCN(C)CC2)c2cccc(-c3ccccc3)c2)c(F)c1.COC(=O)c1ccc(CN(C(=O)N2CCN(C)CC2)c2cccc(Br)c2)c(F)c1. The van der Waals surface area contributed by atoms with Crippen molar-refractivity contribution in [3.63, 3.8) is 0 Å². The Morgan fingerprint density at radius 3 is 1.40 bits per heavy atom. The molecular formula is C48H51BrF2N6O6. The van der Waals surface area contributed by atoms with Crippen molar-refractivity contribution in [2.24, 2.45) is 0 Å². The predicted molar refractivity (Wildman–Crippen MR) is 243 cm³/mol. The number of piperazine rings is 2. The van der Waals surface area contributed by atoms with Gasteiger partial charge in [-0.05, 0) is 79.8 Å². The molecule has 0 spiro atoms. The molecule has 5 aromatic rings. The van der Waals surface area contributed by atoms with Gasteiger partial charge in [-0.2, -0.15) is 0 Å². The average molecular weight is 926 g/mol. The number of anilines is 2. The second-order valence-corrected chi connectivity index (χ2v) is 16.2. The molecule has 15 heteroatoms. The second kappa shape index (κ2) is 21.8. The third-order valence-corrected chi connectivity index (χ3v) is 11.5. The molecule has 2 aliphatic heterocycles. The Kier molecular flexibility index (Phi) is 16.0. The number of amides is 4. The van der Waals surface area contributed by atoms with Crippen LogP contribution in [0, 0.1) is 11.6 Å². The molecule has 0 atom stereocenters. The highest BCUT2D eigenvalue weighted by atomic mass is 79.9. The number of urea groups is 2. The van der Waals surface area contributed by atoms with Crippen LogP contribution >= 0.6 is 15.9 Å². The van der Waals surface area contributed by atoms with E-state index in [0.717, 1.165) is 53.9 Å².